The van der Waals surface area contributed by atoms with Gasteiger partial charge in [0, 0.05) is 26.4 Å². The number of nitrogens with one attached hydrogen (secondary N) is 1. The molecule has 0 unspecified atom stereocenters. The van der Waals surface area contributed by atoms with Crippen molar-refractivity contribution in [2.45, 2.75) is 64.1 Å². The number of hydrogen-bond acceptors (Lipinski definition) is 3. The van der Waals surface area contributed by atoms with Crippen LogP contribution >= 0.6 is 0 Å². The van der Waals surface area contributed by atoms with E-state index in [-0.39, 0.29) is 0 Å². The van der Waals surface area contributed by atoms with Gasteiger partial charge in [-0.05, 0) is 37.3 Å². The number of ether oxygens (including phenoxy) is 1. The molecule has 0 radical (unpaired) electrons. The maximum Gasteiger partial charge on any atom is 0.405 e. The standard InChI is InChI=1S/C23H33N3O3Si/c1-30(2,3)15-14-29-17-26-16-21-19-12-9-8-11-18(19)10-6-4-5-7-13-20(22(26)24-21)25-23(27)28/h5,7-9,11-12,16,20,25H,4,6,10,13-15,17H2,1-3H3,(H,27,28)/b7-5+/t20-/m0/s1. The Kier molecular flexibility index (Phi) is 7.50. The summed E-state index contributed by atoms with van der Waals surface area (Å²) in [5.41, 5.74) is 3.25. The molecule has 7 heteroatoms. The molecule has 1 atom stereocenters. The van der Waals surface area contributed by atoms with Crippen molar-refractivity contribution in [3.63, 3.8) is 0 Å². The SMILES string of the molecule is C[Si](C)(C)CCOCn1cc2nc1[C@@H](NC(=O)O)C/C=C/CCCc1ccccc1-2. The molecular weight excluding hydrogens is 394 g/mol. The number of carbonyl (C=O) groups is 1. The van der Waals surface area contributed by atoms with Crippen molar-refractivity contribution in [3.8, 4) is 11.3 Å². The molecule has 0 spiro atoms. The molecule has 1 aliphatic heterocycles. The molecule has 2 heterocycles. The maximum absolute atomic E-state index is 11.4. The molecule has 2 N–H and O–H groups in total. The second kappa shape index (κ2) is 10.1. The summed E-state index contributed by atoms with van der Waals surface area (Å²) in [6.45, 7) is 8.06. The third-order valence-corrected chi connectivity index (χ3v) is 7.00. The van der Waals surface area contributed by atoms with Gasteiger partial charge in [0.25, 0.3) is 0 Å². The fourth-order valence-electron chi connectivity index (χ4n) is 3.61. The number of benzene rings is 1. The average Bonchev–Trinajstić information content (AvgIpc) is 3.09. The summed E-state index contributed by atoms with van der Waals surface area (Å²) in [6.07, 6.45) is 8.74. The van der Waals surface area contributed by atoms with Crippen LogP contribution in [0.15, 0.2) is 42.6 Å². The van der Waals surface area contributed by atoms with Crippen molar-refractivity contribution in [3.05, 3.63) is 54.0 Å². The zero-order valence-electron chi connectivity index (χ0n) is 18.2. The van der Waals surface area contributed by atoms with Gasteiger partial charge in [0.2, 0.25) is 0 Å². The zero-order valence-corrected chi connectivity index (χ0v) is 19.2. The van der Waals surface area contributed by atoms with Crippen LogP contribution in [-0.2, 0) is 17.9 Å². The third-order valence-electron chi connectivity index (χ3n) is 5.29. The van der Waals surface area contributed by atoms with E-state index in [2.05, 4.69) is 55.3 Å². The van der Waals surface area contributed by atoms with Gasteiger partial charge in [0.15, 0.2) is 0 Å². The van der Waals surface area contributed by atoms with Crippen LogP contribution in [-0.4, -0.2) is 35.4 Å². The van der Waals surface area contributed by atoms with Gasteiger partial charge in [0.05, 0.1) is 11.7 Å². The van der Waals surface area contributed by atoms with E-state index in [4.69, 9.17) is 9.72 Å². The molecule has 2 bridgehead atoms. The predicted octanol–water partition coefficient (Wildman–Crippen LogP) is 5.45. The molecule has 30 heavy (non-hydrogen) atoms. The largest absolute Gasteiger partial charge is 0.465 e. The van der Waals surface area contributed by atoms with Gasteiger partial charge in [-0.25, -0.2) is 9.78 Å². The summed E-state index contributed by atoms with van der Waals surface area (Å²) in [4.78, 5) is 16.3. The van der Waals surface area contributed by atoms with Crippen LogP contribution in [0.2, 0.25) is 25.7 Å². The van der Waals surface area contributed by atoms with Crippen LogP contribution < -0.4 is 5.32 Å². The van der Waals surface area contributed by atoms with Gasteiger partial charge in [-0.15, -0.1) is 0 Å². The Morgan fingerprint density at radius 3 is 2.87 bits per heavy atom. The number of allylic oxidation sites excluding steroid dienone is 1. The highest BCUT2D eigenvalue weighted by Crippen LogP contribution is 2.28. The van der Waals surface area contributed by atoms with Crippen molar-refractivity contribution in [1.29, 1.82) is 0 Å². The molecule has 6 nitrogen and oxygen atoms in total. The van der Waals surface area contributed by atoms with Crippen molar-refractivity contribution in [1.82, 2.24) is 14.9 Å². The van der Waals surface area contributed by atoms with E-state index in [1.54, 1.807) is 0 Å². The van der Waals surface area contributed by atoms with Crippen LogP contribution in [0.4, 0.5) is 4.79 Å². The second-order valence-corrected chi connectivity index (χ2v) is 14.7. The van der Waals surface area contributed by atoms with Gasteiger partial charge < -0.3 is 19.7 Å². The maximum atomic E-state index is 11.4. The molecular formula is C23H33N3O3Si. The van der Waals surface area contributed by atoms with Gasteiger partial charge in [0.1, 0.15) is 12.6 Å². The molecule has 0 fully saturated rings. The molecule has 2 aromatic rings. The zero-order chi connectivity index (χ0) is 21.6. The number of carboxylic acid groups (broad SMARTS) is 1. The van der Waals surface area contributed by atoms with Gasteiger partial charge in [-0.1, -0.05) is 56.1 Å². The normalized spacial score (nSPS) is 18.0. The summed E-state index contributed by atoms with van der Waals surface area (Å²) in [5, 5.41) is 12.0. The summed E-state index contributed by atoms with van der Waals surface area (Å²) in [5.74, 6) is 0.695. The van der Waals surface area contributed by atoms with E-state index in [1.165, 1.54) is 5.56 Å². The highest BCUT2D eigenvalue weighted by molar-refractivity contribution is 6.76. The first-order valence-electron chi connectivity index (χ1n) is 10.7. The monoisotopic (exact) mass is 427 g/mol. The average molecular weight is 428 g/mol. The Morgan fingerprint density at radius 1 is 1.30 bits per heavy atom. The molecule has 0 saturated carbocycles. The first-order valence-corrected chi connectivity index (χ1v) is 14.4. The molecule has 1 aromatic heterocycles. The highest BCUT2D eigenvalue weighted by atomic mass is 28.3. The third kappa shape index (κ3) is 6.31. The minimum Gasteiger partial charge on any atom is -0.465 e. The highest BCUT2D eigenvalue weighted by Gasteiger charge is 2.22. The predicted molar refractivity (Wildman–Crippen MR) is 122 cm³/mol. The van der Waals surface area contributed by atoms with Gasteiger partial charge in [-0.2, -0.15) is 0 Å². The Morgan fingerprint density at radius 2 is 2.10 bits per heavy atom. The van der Waals surface area contributed by atoms with Gasteiger partial charge >= 0.3 is 6.09 Å². The first-order chi connectivity index (χ1) is 14.3. The minimum absolute atomic E-state index is 0.372. The van der Waals surface area contributed by atoms with Crippen LogP contribution in [0.25, 0.3) is 11.3 Å². The van der Waals surface area contributed by atoms with E-state index < -0.39 is 20.2 Å². The Balaban J connectivity index is 1.94. The molecule has 162 valence electrons. The van der Waals surface area contributed by atoms with Crippen molar-refractivity contribution >= 4 is 14.2 Å². The quantitative estimate of drug-likeness (QED) is 0.365. The molecule has 0 aliphatic carbocycles. The first kappa shape index (κ1) is 22.3. The molecule has 1 aliphatic rings. The fraction of sp³-hybridized carbons (Fsp3) is 0.478. The minimum atomic E-state index is -1.17. The number of imidazole rings is 1. The number of aryl methyl sites for hydroxylation is 1. The lowest BCUT2D eigenvalue weighted by atomic mass is 9.99. The van der Waals surface area contributed by atoms with Crippen LogP contribution in [0.5, 0.6) is 0 Å². The van der Waals surface area contributed by atoms with Crippen LogP contribution in [0.1, 0.15) is 36.7 Å². The van der Waals surface area contributed by atoms with E-state index >= 15 is 0 Å². The van der Waals surface area contributed by atoms with Crippen molar-refractivity contribution in [2.75, 3.05) is 6.61 Å². The number of nitrogens with zero attached hydrogens (tertiary/aromatic N) is 2. The lowest BCUT2D eigenvalue weighted by molar-refractivity contribution is 0.0837. The van der Waals surface area contributed by atoms with E-state index in [9.17, 15) is 9.90 Å². The molecule has 0 saturated heterocycles. The fourth-order valence-corrected chi connectivity index (χ4v) is 4.37. The van der Waals surface area contributed by atoms with Crippen LogP contribution in [0.3, 0.4) is 0 Å². The van der Waals surface area contributed by atoms with Gasteiger partial charge in [-0.3, -0.25) is 0 Å². The van der Waals surface area contributed by atoms with E-state index in [0.29, 0.717) is 25.6 Å². The number of rotatable bonds is 6. The Labute approximate surface area is 180 Å². The smallest absolute Gasteiger partial charge is 0.405 e. The summed E-state index contributed by atoms with van der Waals surface area (Å²) in [6, 6.07) is 9.01. The molecule has 1 amide bonds. The molecule has 3 rings (SSSR count). The van der Waals surface area contributed by atoms with Crippen molar-refractivity contribution < 1.29 is 14.6 Å². The van der Waals surface area contributed by atoms with E-state index in [1.807, 2.05) is 16.8 Å². The van der Waals surface area contributed by atoms with Crippen LogP contribution in [0, 0.1) is 0 Å². The van der Waals surface area contributed by atoms with Crippen molar-refractivity contribution in [2.24, 2.45) is 0 Å². The number of fused-ring (bicyclic) bond motifs is 4. The summed E-state index contributed by atoms with van der Waals surface area (Å²) in [7, 11) is -1.17. The Bertz CT molecular complexity index is 886. The van der Waals surface area contributed by atoms with E-state index in [0.717, 1.165) is 36.6 Å². The Hall–Kier alpha value is -2.38. The lowest BCUT2D eigenvalue weighted by Crippen LogP contribution is -2.29. The number of amides is 1. The summed E-state index contributed by atoms with van der Waals surface area (Å²) >= 11 is 0. The lowest BCUT2D eigenvalue weighted by Gasteiger charge is -2.18. The molecule has 1 aromatic carbocycles. The summed E-state index contributed by atoms with van der Waals surface area (Å²) < 4.78 is 7.94. The number of hydrogen-bond donors (Lipinski definition) is 2. The topological polar surface area (TPSA) is 76.4 Å². The number of aromatic nitrogens is 2. The second-order valence-electron chi connectivity index (χ2n) is 9.06.